The molecule has 1 aromatic heterocycles. The number of nitrogens with one attached hydrogen (secondary N) is 1. The van der Waals surface area contributed by atoms with Crippen molar-refractivity contribution in [3.8, 4) is 11.5 Å². The van der Waals surface area contributed by atoms with E-state index in [0.717, 1.165) is 0 Å². The molecule has 0 bridgehead atoms. The normalized spacial score (nSPS) is 12.3. The second kappa shape index (κ2) is 7.33. The van der Waals surface area contributed by atoms with Crippen LogP contribution in [-0.2, 0) is 9.53 Å². The first-order valence-electron chi connectivity index (χ1n) is 7.71. The molecule has 0 aliphatic rings. The number of oxazole rings is 1. The van der Waals surface area contributed by atoms with Gasteiger partial charge in [-0.05, 0) is 58.7 Å². The Kier molecular flexibility index (Phi) is 5.15. The standard InChI is InChI=1S/C18H16BrFN2O3/c1-3-15(24-2)17(23)21-11-5-7-16-14(9-11)22-18(25-16)12-8-10(20)4-6-13(12)19/h4-9,15H,3H2,1-2H3,(H,21,23)/t15-/m1/s1. The van der Waals surface area contributed by atoms with Crippen molar-refractivity contribution in [3.63, 3.8) is 0 Å². The van der Waals surface area contributed by atoms with Crippen LogP contribution in [0, 0.1) is 5.82 Å². The van der Waals surface area contributed by atoms with Crippen LogP contribution >= 0.6 is 15.9 Å². The summed E-state index contributed by atoms with van der Waals surface area (Å²) >= 11 is 3.37. The van der Waals surface area contributed by atoms with Crippen LogP contribution in [0.15, 0.2) is 45.3 Å². The van der Waals surface area contributed by atoms with E-state index in [1.54, 1.807) is 24.3 Å². The molecular weight excluding hydrogens is 391 g/mol. The fourth-order valence-electron chi connectivity index (χ4n) is 2.46. The molecule has 0 aliphatic carbocycles. The molecule has 0 fully saturated rings. The van der Waals surface area contributed by atoms with Gasteiger partial charge in [-0.1, -0.05) is 6.92 Å². The van der Waals surface area contributed by atoms with Gasteiger partial charge in [0.25, 0.3) is 5.91 Å². The highest BCUT2D eigenvalue weighted by Crippen LogP contribution is 2.31. The number of methoxy groups -OCH3 is 1. The summed E-state index contributed by atoms with van der Waals surface area (Å²) in [7, 11) is 1.50. The largest absolute Gasteiger partial charge is 0.436 e. The van der Waals surface area contributed by atoms with E-state index in [1.807, 2.05) is 6.92 Å². The van der Waals surface area contributed by atoms with Crippen molar-refractivity contribution in [3.05, 3.63) is 46.7 Å². The average molecular weight is 407 g/mol. The van der Waals surface area contributed by atoms with E-state index in [9.17, 15) is 9.18 Å². The van der Waals surface area contributed by atoms with Gasteiger partial charge in [-0.2, -0.15) is 0 Å². The molecule has 0 saturated carbocycles. The van der Waals surface area contributed by atoms with Gasteiger partial charge in [0, 0.05) is 17.3 Å². The summed E-state index contributed by atoms with van der Waals surface area (Å²) in [6.45, 7) is 1.87. The highest BCUT2D eigenvalue weighted by molar-refractivity contribution is 9.10. The number of hydrogen-bond acceptors (Lipinski definition) is 4. The first-order chi connectivity index (χ1) is 12.0. The van der Waals surface area contributed by atoms with Crippen molar-refractivity contribution in [2.45, 2.75) is 19.4 Å². The molecule has 130 valence electrons. The number of fused-ring (bicyclic) bond motifs is 1. The van der Waals surface area contributed by atoms with E-state index in [-0.39, 0.29) is 11.7 Å². The SMILES string of the molecule is CC[C@@H](OC)C(=O)Nc1ccc2oc(-c3cc(F)ccc3Br)nc2c1. The first-order valence-corrected chi connectivity index (χ1v) is 8.50. The lowest BCUT2D eigenvalue weighted by Gasteiger charge is -2.12. The number of carbonyl (C=O) groups is 1. The summed E-state index contributed by atoms with van der Waals surface area (Å²) in [6.07, 6.45) is 0.0681. The number of nitrogens with zero attached hydrogens (tertiary/aromatic N) is 1. The predicted molar refractivity (Wildman–Crippen MR) is 96.8 cm³/mol. The molecule has 3 aromatic rings. The molecule has 1 N–H and O–H groups in total. The van der Waals surface area contributed by atoms with Crippen LogP contribution in [-0.4, -0.2) is 24.1 Å². The Morgan fingerprint density at radius 3 is 2.88 bits per heavy atom. The van der Waals surface area contributed by atoms with Crippen molar-refractivity contribution in [2.75, 3.05) is 12.4 Å². The Labute approximate surface area is 152 Å². The average Bonchev–Trinajstić information content (AvgIpc) is 3.01. The Morgan fingerprint density at radius 2 is 2.16 bits per heavy atom. The van der Waals surface area contributed by atoms with E-state index in [1.165, 1.54) is 19.2 Å². The molecule has 0 aliphatic heterocycles. The summed E-state index contributed by atoms with van der Waals surface area (Å²) in [5.74, 6) is -0.298. The molecule has 1 heterocycles. The second-order valence-electron chi connectivity index (χ2n) is 5.45. The fraction of sp³-hybridized carbons (Fsp3) is 0.222. The number of ether oxygens (including phenoxy) is 1. The van der Waals surface area contributed by atoms with Crippen LogP contribution in [0.3, 0.4) is 0 Å². The minimum Gasteiger partial charge on any atom is -0.436 e. The monoisotopic (exact) mass is 406 g/mol. The predicted octanol–water partition coefficient (Wildman–Crippen LogP) is 4.76. The van der Waals surface area contributed by atoms with Crippen LogP contribution in [0.2, 0.25) is 0 Å². The summed E-state index contributed by atoms with van der Waals surface area (Å²) in [6, 6.07) is 9.43. The third-order valence-corrected chi connectivity index (χ3v) is 4.45. The summed E-state index contributed by atoms with van der Waals surface area (Å²) in [5.41, 5.74) is 2.22. The zero-order valence-electron chi connectivity index (χ0n) is 13.7. The maximum atomic E-state index is 13.5. The van der Waals surface area contributed by atoms with Gasteiger partial charge in [0.1, 0.15) is 17.4 Å². The minimum atomic E-state index is -0.508. The van der Waals surface area contributed by atoms with E-state index >= 15 is 0 Å². The molecule has 0 radical (unpaired) electrons. The molecule has 25 heavy (non-hydrogen) atoms. The molecule has 2 aromatic carbocycles. The number of rotatable bonds is 5. The highest BCUT2D eigenvalue weighted by atomic mass is 79.9. The summed E-state index contributed by atoms with van der Waals surface area (Å²) in [5, 5.41) is 2.79. The van der Waals surface area contributed by atoms with Crippen LogP contribution in [0.1, 0.15) is 13.3 Å². The summed E-state index contributed by atoms with van der Waals surface area (Å²) in [4.78, 5) is 16.5. The second-order valence-corrected chi connectivity index (χ2v) is 6.30. The van der Waals surface area contributed by atoms with Gasteiger partial charge in [-0.25, -0.2) is 9.37 Å². The molecule has 0 saturated heterocycles. The quantitative estimate of drug-likeness (QED) is 0.663. The number of carbonyl (C=O) groups excluding carboxylic acids is 1. The lowest BCUT2D eigenvalue weighted by molar-refractivity contribution is -0.125. The fourth-order valence-corrected chi connectivity index (χ4v) is 2.88. The maximum Gasteiger partial charge on any atom is 0.253 e. The Morgan fingerprint density at radius 1 is 1.36 bits per heavy atom. The number of amides is 1. The van der Waals surface area contributed by atoms with E-state index in [0.29, 0.717) is 39.1 Å². The zero-order chi connectivity index (χ0) is 18.0. The summed E-state index contributed by atoms with van der Waals surface area (Å²) < 4.78 is 25.0. The van der Waals surface area contributed by atoms with E-state index in [2.05, 4.69) is 26.2 Å². The van der Waals surface area contributed by atoms with Gasteiger partial charge in [0.05, 0.1) is 5.56 Å². The molecular formula is C18H16BrFN2O3. The number of hydrogen-bond donors (Lipinski definition) is 1. The Balaban J connectivity index is 1.92. The zero-order valence-corrected chi connectivity index (χ0v) is 15.3. The molecule has 0 spiro atoms. The van der Waals surface area contributed by atoms with Crippen molar-refractivity contribution in [1.29, 1.82) is 0 Å². The number of aromatic nitrogens is 1. The molecule has 0 unspecified atom stereocenters. The highest BCUT2D eigenvalue weighted by Gasteiger charge is 2.17. The van der Waals surface area contributed by atoms with Gasteiger partial charge in [-0.3, -0.25) is 4.79 Å². The first kappa shape index (κ1) is 17.6. The van der Waals surface area contributed by atoms with Gasteiger partial charge >= 0.3 is 0 Å². The molecule has 3 rings (SSSR count). The van der Waals surface area contributed by atoms with Gasteiger partial charge in [0.2, 0.25) is 5.89 Å². The minimum absolute atomic E-state index is 0.221. The third-order valence-electron chi connectivity index (χ3n) is 3.76. The molecule has 1 amide bonds. The number of benzene rings is 2. The molecule has 7 heteroatoms. The van der Waals surface area contributed by atoms with Crippen molar-refractivity contribution >= 4 is 38.6 Å². The van der Waals surface area contributed by atoms with Crippen LogP contribution in [0.5, 0.6) is 0 Å². The smallest absolute Gasteiger partial charge is 0.253 e. The van der Waals surface area contributed by atoms with Crippen LogP contribution in [0.25, 0.3) is 22.6 Å². The third kappa shape index (κ3) is 3.72. The lowest BCUT2D eigenvalue weighted by atomic mass is 10.2. The van der Waals surface area contributed by atoms with Gasteiger partial charge < -0.3 is 14.5 Å². The van der Waals surface area contributed by atoms with E-state index < -0.39 is 6.10 Å². The Bertz CT molecular complexity index is 922. The van der Waals surface area contributed by atoms with Crippen molar-refractivity contribution in [2.24, 2.45) is 0 Å². The lowest BCUT2D eigenvalue weighted by Crippen LogP contribution is -2.28. The Hall–Kier alpha value is -2.25. The van der Waals surface area contributed by atoms with Crippen molar-refractivity contribution in [1.82, 2.24) is 4.98 Å². The maximum absolute atomic E-state index is 13.5. The van der Waals surface area contributed by atoms with Gasteiger partial charge in [0.15, 0.2) is 5.58 Å². The number of anilines is 1. The van der Waals surface area contributed by atoms with Crippen LogP contribution < -0.4 is 5.32 Å². The van der Waals surface area contributed by atoms with Gasteiger partial charge in [-0.15, -0.1) is 0 Å². The van der Waals surface area contributed by atoms with Crippen molar-refractivity contribution < 1.29 is 18.3 Å². The molecule has 1 atom stereocenters. The topological polar surface area (TPSA) is 64.4 Å². The molecule has 5 nitrogen and oxygen atoms in total. The van der Waals surface area contributed by atoms with E-state index in [4.69, 9.17) is 9.15 Å². The van der Waals surface area contributed by atoms with Crippen LogP contribution in [0.4, 0.5) is 10.1 Å². The number of halogens is 2.